The molecule has 0 aliphatic carbocycles. The molecule has 0 bridgehead atoms. The molecule has 0 spiro atoms. The number of aryl methyl sites for hydroxylation is 2. The van der Waals surface area contributed by atoms with Crippen LogP contribution in [0.2, 0.25) is 0 Å². The van der Waals surface area contributed by atoms with E-state index < -0.39 is 0 Å². The molecule has 15 heavy (non-hydrogen) atoms. The van der Waals surface area contributed by atoms with E-state index in [9.17, 15) is 4.39 Å². The molecule has 0 atom stereocenters. The summed E-state index contributed by atoms with van der Waals surface area (Å²) in [6.07, 6.45) is 0. The number of benzene rings is 2. The highest BCUT2D eigenvalue weighted by Gasteiger charge is 2.02. The summed E-state index contributed by atoms with van der Waals surface area (Å²) in [6.45, 7) is 4.08. The van der Waals surface area contributed by atoms with Gasteiger partial charge in [-0.3, -0.25) is 0 Å². The molecule has 0 saturated carbocycles. The highest BCUT2D eigenvalue weighted by atomic mass is 19.1. The van der Waals surface area contributed by atoms with E-state index in [0.29, 0.717) is 0 Å². The van der Waals surface area contributed by atoms with Crippen molar-refractivity contribution in [1.82, 2.24) is 0 Å². The van der Waals surface area contributed by atoms with Crippen molar-refractivity contribution in [2.45, 2.75) is 13.8 Å². The molecule has 0 fully saturated rings. The fraction of sp³-hybridized carbons (Fsp3) is 0.143. The molecule has 1 heteroatoms. The molecule has 2 aromatic rings. The van der Waals surface area contributed by atoms with Gasteiger partial charge in [-0.1, -0.05) is 29.8 Å². The Bertz CT molecular complexity index is 469. The topological polar surface area (TPSA) is 0 Å². The van der Waals surface area contributed by atoms with Gasteiger partial charge in [0.1, 0.15) is 5.82 Å². The zero-order valence-electron chi connectivity index (χ0n) is 8.84. The SMILES string of the molecule is Cc1c[c]c(-c2ccc(F)cc2)c(C)c1. The normalized spacial score (nSPS) is 10.3. The third-order valence-electron chi connectivity index (χ3n) is 2.42. The average molecular weight is 199 g/mol. The van der Waals surface area contributed by atoms with Crippen LogP contribution in [0.15, 0.2) is 36.4 Å². The van der Waals surface area contributed by atoms with E-state index >= 15 is 0 Å². The number of halogens is 1. The molecular weight excluding hydrogens is 187 g/mol. The number of hydrogen-bond acceptors (Lipinski definition) is 0. The molecule has 0 unspecified atom stereocenters. The van der Waals surface area contributed by atoms with Crippen molar-refractivity contribution < 1.29 is 4.39 Å². The third-order valence-corrected chi connectivity index (χ3v) is 2.42. The Hall–Kier alpha value is -1.63. The molecule has 0 aliphatic heterocycles. The first-order valence-corrected chi connectivity index (χ1v) is 4.92. The lowest BCUT2D eigenvalue weighted by Gasteiger charge is -2.06. The second-order valence-electron chi connectivity index (χ2n) is 3.74. The van der Waals surface area contributed by atoms with Crippen LogP contribution in [-0.4, -0.2) is 0 Å². The number of hydrogen-bond donors (Lipinski definition) is 0. The van der Waals surface area contributed by atoms with Crippen molar-refractivity contribution in [2.24, 2.45) is 0 Å². The highest BCUT2D eigenvalue weighted by Crippen LogP contribution is 2.23. The molecule has 0 saturated heterocycles. The second kappa shape index (κ2) is 3.85. The predicted octanol–water partition coefficient (Wildman–Crippen LogP) is 3.91. The van der Waals surface area contributed by atoms with Gasteiger partial charge in [-0.15, -0.1) is 0 Å². The zero-order chi connectivity index (χ0) is 10.8. The maximum atomic E-state index is 12.8. The van der Waals surface area contributed by atoms with Gasteiger partial charge >= 0.3 is 0 Å². The summed E-state index contributed by atoms with van der Waals surface area (Å²) < 4.78 is 12.8. The van der Waals surface area contributed by atoms with E-state index in [1.165, 1.54) is 23.3 Å². The van der Waals surface area contributed by atoms with Gasteiger partial charge in [-0.05, 0) is 48.7 Å². The smallest absolute Gasteiger partial charge is 0.123 e. The molecule has 0 aliphatic rings. The van der Waals surface area contributed by atoms with Crippen LogP contribution >= 0.6 is 0 Å². The Morgan fingerprint density at radius 1 is 1.07 bits per heavy atom. The lowest BCUT2D eigenvalue weighted by molar-refractivity contribution is 0.628. The minimum Gasteiger partial charge on any atom is -0.207 e. The summed E-state index contributed by atoms with van der Waals surface area (Å²) >= 11 is 0. The maximum Gasteiger partial charge on any atom is 0.123 e. The predicted molar refractivity (Wildman–Crippen MR) is 60.1 cm³/mol. The van der Waals surface area contributed by atoms with Gasteiger partial charge in [0.15, 0.2) is 0 Å². The molecule has 1 radical (unpaired) electrons. The van der Waals surface area contributed by atoms with Crippen LogP contribution < -0.4 is 0 Å². The quantitative estimate of drug-likeness (QED) is 0.653. The van der Waals surface area contributed by atoms with Gasteiger partial charge in [-0.2, -0.15) is 0 Å². The summed E-state index contributed by atoms with van der Waals surface area (Å²) in [5, 5.41) is 0. The number of rotatable bonds is 1. The first-order valence-electron chi connectivity index (χ1n) is 4.92. The zero-order valence-corrected chi connectivity index (χ0v) is 8.84. The van der Waals surface area contributed by atoms with Crippen molar-refractivity contribution in [3.63, 3.8) is 0 Å². The molecule has 75 valence electrons. The van der Waals surface area contributed by atoms with Gasteiger partial charge in [-0.25, -0.2) is 4.39 Å². The van der Waals surface area contributed by atoms with Crippen LogP contribution in [0.5, 0.6) is 0 Å². The fourth-order valence-corrected chi connectivity index (χ4v) is 1.68. The molecule has 0 amide bonds. The second-order valence-corrected chi connectivity index (χ2v) is 3.74. The van der Waals surface area contributed by atoms with Crippen LogP contribution in [0.3, 0.4) is 0 Å². The molecule has 0 N–H and O–H groups in total. The Morgan fingerprint density at radius 2 is 1.73 bits per heavy atom. The highest BCUT2D eigenvalue weighted by molar-refractivity contribution is 5.66. The van der Waals surface area contributed by atoms with Crippen LogP contribution in [0.1, 0.15) is 11.1 Å². The lowest BCUT2D eigenvalue weighted by Crippen LogP contribution is -1.85. The molecule has 2 rings (SSSR count). The van der Waals surface area contributed by atoms with Crippen molar-refractivity contribution in [2.75, 3.05) is 0 Å². The van der Waals surface area contributed by atoms with Gasteiger partial charge in [0.25, 0.3) is 0 Å². The van der Waals surface area contributed by atoms with Gasteiger partial charge in [0.2, 0.25) is 0 Å². The molecule has 0 nitrogen and oxygen atoms in total. The largest absolute Gasteiger partial charge is 0.207 e. The maximum absolute atomic E-state index is 12.8. The van der Waals surface area contributed by atoms with E-state index in [1.807, 2.05) is 19.9 Å². The fourth-order valence-electron chi connectivity index (χ4n) is 1.68. The Balaban J connectivity index is 2.49. The minimum absolute atomic E-state index is 0.205. The van der Waals surface area contributed by atoms with Crippen molar-refractivity contribution in [1.29, 1.82) is 0 Å². The minimum atomic E-state index is -0.205. The monoisotopic (exact) mass is 199 g/mol. The molecule has 0 heterocycles. The lowest BCUT2D eigenvalue weighted by atomic mass is 9.99. The molecule has 0 aromatic heterocycles. The van der Waals surface area contributed by atoms with E-state index in [4.69, 9.17) is 0 Å². The average Bonchev–Trinajstić information content (AvgIpc) is 2.20. The summed E-state index contributed by atoms with van der Waals surface area (Å²) in [7, 11) is 0. The van der Waals surface area contributed by atoms with Crippen LogP contribution in [0.4, 0.5) is 4.39 Å². The van der Waals surface area contributed by atoms with E-state index in [0.717, 1.165) is 11.1 Å². The Labute approximate surface area is 89.4 Å². The van der Waals surface area contributed by atoms with E-state index in [1.54, 1.807) is 12.1 Å². The Kier molecular flexibility index (Phi) is 2.55. The van der Waals surface area contributed by atoms with Crippen LogP contribution in [-0.2, 0) is 0 Å². The van der Waals surface area contributed by atoms with Gasteiger partial charge < -0.3 is 0 Å². The van der Waals surface area contributed by atoms with E-state index in [2.05, 4.69) is 12.1 Å². The molecular formula is C14H12F. The first-order chi connectivity index (χ1) is 7.16. The van der Waals surface area contributed by atoms with Crippen molar-refractivity contribution in [3.05, 3.63) is 59.4 Å². The summed E-state index contributed by atoms with van der Waals surface area (Å²) in [5.41, 5.74) is 4.41. The third kappa shape index (κ3) is 2.07. The van der Waals surface area contributed by atoms with Crippen molar-refractivity contribution in [3.8, 4) is 11.1 Å². The van der Waals surface area contributed by atoms with Gasteiger partial charge in [0.05, 0.1) is 0 Å². The Morgan fingerprint density at radius 3 is 2.33 bits per heavy atom. The van der Waals surface area contributed by atoms with Crippen molar-refractivity contribution >= 4 is 0 Å². The van der Waals surface area contributed by atoms with Gasteiger partial charge in [0, 0.05) is 0 Å². The van der Waals surface area contributed by atoms with Crippen LogP contribution in [0.25, 0.3) is 11.1 Å². The summed E-state index contributed by atoms with van der Waals surface area (Å²) in [4.78, 5) is 0. The summed E-state index contributed by atoms with van der Waals surface area (Å²) in [6, 6.07) is 13.8. The standard InChI is InChI=1S/C14H12F/c1-10-3-8-14(11(2)9-10)12-4-6-13(15)7-5-12/h3-7,9H,1-2H3. The molecule has 2 aromatic carbocycles. The van der Waals surface area contributed by atoms with E-state index in [-0.39, 0.29) is 5.82 Å². The van der Waals surface area contributed by atoms with Crippen LogP contribution in [0, 0.1) is 25.7 Å². The summed E-state index contributed by atoms with van der Waals surface area (Å²) in [5.74, 6) is -0.205. The first kappa shape index (κ1) is 9.91.